The predicted octanol–water partition coefficient (Wildman–Crippen LogP) is 5.32. The lowest BCUT2D eigenvalue weighted by Crippen LogP contribution is -2.17. The molecule has 2 heteroatoms. The lowest BCUT2D eigenvalue weighted by atomic mass is 10.1. The predicted molar refractivity (Wildman–Crippen MR) is 93.9 cm³/mol. The molecule has 1 N–H and O–H groups in total. The molecular formula is C18H37NO. The summed E-state index contributed by atoms with van der Waals surface area (Å²) < 4.78 is 5.16. The number of rotatable bonds is 6. The monoisotopic (exact) mass is 283 g/mol. The fraction of sp³-hybridized carbons (Fsp3) is 0.667. The van der Waals surface area contributed by atoms with E-state index in [9.17, 15) is 0 Å². The maximum Gasteiger partial charge on any atom is 0.119 e. The number of hydrogen-bond donors (Lipinski definition) is 1. The molecule has 0 spiro atoms. The standard InChI is InChI=1S/C12H19NO.3C2H6/c1-3-8-13-9-7-11-5-4-6-12(10-11)14-2;3*1-2/h4-6,10,13H,3,7-9H2,1-2H3;3*1-2H3. The van der Waals surface area contributed by atoms with Gasteiger partial charge in [0.05, 0.1) is 7.11 Å². The maximum absolute atomic E-state index is 5.16. The van der Waals surface area contributed by atoms with Crippen LogP contribution in [0.5, 0.6) is 5.75 Å². The molecule has 1 rings (SSSR count). The molecule has 2 nitrogen and oxygen atoms in total. The molecule has 0 fully saturated rings. The highest BCUT2D eigenvalue weighted by Gasteiger charge is 1.94. The Bertz CT molecular complexity index is 261. The average Bonchev–Trinajstić information content (AvgIpc) is 2.57. The summed E-state index contributed by atoms with van der Waals surface area (Å²) in [5, 5.41) is 3.38. The zero-order chi connectivity index (χ0) is 16.2. The summed E-state index contributed by atoms with van der Waals surface area (Å²) in [6, 6.07) is 8.24. The van der Waals surface area contributed by atoms with Gasteiger partial charge in [-0.2, -0.15) is 0 Å². The minimum absolute atomic E-state index is 0.943. The molecule has 0 saturated carbocycles. The van der Waals surface area contributed by atoms with E-state index in [0.717, 1.165) is 25.3 Å². The SMILES string of the molecule is CC.CC.CC.CCCNCCc1cccc(OC)c1. The smallest absolute Gasteiger partial charge is 0.119 e. The van der Waals surface area contributed by atoms with Crippen molar-refractivity contribution in [2.24, 2.45) is 0 Å². The minimum atomic E-state index is 0.943. The van der Waals surface area contributed by atoms with Gasteiger partial charge < -0.3 is 10.1 Å². The van der Waals surface area contributed by atoms with Crippen LogP contribution in [0.25, 0.3) is 0 Å². The summed E-state index contributed by atoms with van der Waals surface area (Å²) in [5.74, 6) is 0.943. The molecule has 0 heterocycles. The minimum Gasteiger partial charge on any atom is -0.497 e. The van der Waals surface area contributed by atoms with Crippen LogP contribution in [0, 0.1) is 0 Å². The number of hydrogen-bond acceptors (Lipinski definition) is 2. The Labute approximate surface area is 127 Å². The van der Waals surface area contributed by atoms with Gasteiger partial charge in [-0.05, 0) is 43.6 Å². The van der Waals surface area contributed by atoms with Gasteiger partial charge in [0.25, 0.3) is 0 Å². The molecule has 0 bridgehead atoms. The van der Waals surface area contributed by atoms with E-state index in [0.29, 0.717) is 0 Å². The van der Waals surface area contributed by atoms with E-state index >= 15 is 0 Å². The fourth-order valence-corrected chi connectivity index (χ4v) is 1.36. The van der Waals surface area contributed by atoms with Crippen molar-refractivity contribution >= 4 is 0 Å². The molecule has 0 aliphatic heterocycles. The summed E-state index contributed by atoms with van der Waals surface area (Å²) in [4.78, 5) is 0. The first-order chi connectivity index (χ1) is 9.86. The Hall–Kier alpha value is -1.02. The molecule has 20 heavy (non-hydrogen) atoms. The van der Waals surface area contributed by atoms with Gasteiger partial charge in [0.15, 0.2) is 0 Å². The summed E-state index contributed by atoms with van der Waals surface area (Å²) in [7, 11) is 1.70. The van der Waals surface area contributed by atoms with Crippen LogP contribution in [0.1, 0.15) is 60.5 Å². The van der Waals surface area contributed by atoms with E-state index in [1.165, 1.54) is 12.0 Å². The highest BCUT2D eigenvalue weighted by molar-refractivity contribution is 5.28. The Morgan fingerprint density at radius 1 is 0.950 bits per heavy atom. The molecular weight excluding hydrogens is 246 g/mol. The second-order valence-electron chi connectivity index (χ2n) is 3.35. The number of benzene rings is 1. The average molecular weight is 284 g/mol. The number of methoxy groups -OCH3 is 1. The van der Waals surface area contributed by atoms with E-state index in [1.54, 1.807) is 7.11 Å². The second-order valence-corrected chi connectivity index (χ2v) is 3.35. The van der Waals surface area contributed by atoms with Gasteiger partial charge in [0.1, 0.15) is 5.75 Å². The van der Waals surface area contributed by atoms with E-state index in [-0.39, 0.29) is 0 Å². The Kier molecular flexibility index (Phi) is 27.8. The first kappa shape index (κ1) is 24.0. The molecule has 0 unspecified atom stereocenters. The zero-order valence-corrected chi connectivity index (χ0v) is 15.0. The molecule has 1 aromatic carbocycles. The Balaban J connectivity index is -0.000000425. The first-order valence-corrected chi connectivity index (χ1v) is 8.20. The van der Waals surface area contributed by atoms with Crippen molar-refractivity contribution in [1.82, 2.24) is 5.32 Å². The van der Waals surface area contributed by atoms with Crippen molar-refractivity contribution in [1.29, 1.82) is 0 Å². The van der Waals surface area contributed by atoms with Crippen LogP contribution in [0.15, 0.2) is 24.3 Å². The summed E-state index contributed by atoms with van der Waals surface area (Å²) in [5.41, 5.74) is 1.33. The van der Waals surface area contributed by atoms with Gasteiger partial charge in [-0.1, -0.05) is 60.6 Å². The van der Waals surface area contributed by atoms with Crippen LogP contribution in [0.3, 0.4) is 0 Å². The van der Waals surface area contributed by atoms with Crippen LogP contribution >= 0.6 is 0 Å². The van der Waals surface area contributed by atoms with E-state index in [2.05, 4.69) is 24.4 Å². The zero-order valence-electron chi connectivity index (χ0n) is 15.0. The fourth-order valence-electron chi connectivity index (χ4n) is 1.36. The van der Waals surface area contributed by atoms with Crippen LogP contribution in [0.4, 0.5) is 0 Å². The molecule has 0 aromatic heterocycles. The lowest BCUT2D eigenvalue weighted by molar-refractivity contribution is 0.414. The highest BCUT2D eigenvalue weighted by atomic mass is 16.5. The van der Waals surface area contributed by atoms with E-state index in [1.807, 2.05) is 53.7 Å². The van der Waals surface area contributed by atoms with Crippen molar-refractivity contribution in [3.63, 3.8) is 0 Å². The van der Waals surface area contributed by atoms with Crippen molar-refractivity contribution in [2.45, 2.75) is 61.3 Å². The third-order valence-electron chi connectivity index (χ3n) is 2.15. The largest absolute Gasteiger partial charge is 0.497 e. The maximum atomic E-state index is 5.16. The van der Waals surface area contributed by atoms with Gasteiger partial charge >= 0.3 is 0 Å². The molecule has 0 atom stereocenters. The van der Waals surface area contributed by atoms with Gasteiger partial charge in [-0.25, -0.2) is 0 Å². The molecule has 0 aliphatic carbocycles. The Morgan fingerprint density at radius 3 is 2.05 bits per heavy atom. The van der Waals surface area contributed by atoms with Gasteiger partial charge in [-0.15, -0.1) is 0 Å². The highest BCUT2D eigenvalue weighted by Crippen LogP contribution is 2.12. The third-order valence-corrected chi connectivity index (χ3v) is 2.15. The first-order valence-electron chi connectivity index (χ1n) is 8.20. The summed E-state index contributed by atoms with van der Waals surface area (Å²) in [6.45, 7) is 16.3. The molecule has 0 aliphatic rings. The molecule has 1 aromatic rings. The molecule has 0 amide bonds. The van der Waals surface area contributed by atoms with Gasteiger partial charge in [0, 0.05) is 0 Å². The van der Waals surface area contributed by atoms with Crippen molar-refractivity contribution in [3.8, 4) is 5.75 Å². The van der Waals surface area contributed by atoms with Gasteiger partial charge in [0.2, 0.25) is 0 Å². The van der Waals surface area contributed by atoms with Crippen molar-refractivity contribution < 1.29 is 4.74 Å². The summed E-state index contributed by atoms with van der Waals surface area (Å²) >= 11 is 0. The van der Waals surface area contributed by atoms with E-state index in [4.69, 9.17) is 4.74 Å². The van der Waals surface area contributed by atoms with Gasteiger partial charge in [-0.3, -0.25) is 0 Å². The topological polar surface area (TPSA) is 21.3 Å². The molecule has 0 saturated heterocycles. The van der Waals surface area contributed by atoms with Crippen molar-refractivity contribution in [2.75, 3.05) is 20.2 Å². The molecule has 120 valence electrons. The lowest BCUT2D eigenvalue weighted by Gasteiger charge is -2.05. The van der Waals surface area contributed by atoms with Crippen molar-refractivity contribution in [3.05, 3.63) is 29.8 Å². The van der Waals surface area contributed by atoms with Crippen LogP contribution < -0.4 is 10.1 Å². The third kappa shape index (κ3) is 15.0. The van der Waals surface area contributed by atoms with Crippen LogP contribution in [0.2, 0.25) is 0 Å². The molecule has 0 radical (unpaired) electrons. The normalized spacial score (nSPS) is 8.00. The van der Waals surface area contributed by atoms with Crippen LogP contribution in [-0.4, -0.2) is 20.2 Å². The van der Waals surface area contributed by atoms with Crippen LogP contribution in [-0.2, 0) is 6.42 Å². The Morgan fingerprint density at radius 2 is 1.55 bits per heavy atom. The summed E-state index contributed by atoms with van der Waals surface area (Å²) in [6.07, 6.45) is 2.26. The van der Waals surface area contributed by atoms with E-state index < -0.39 is 0 Å². The number of nitrogens with one attached hydrogen (secondary N) is 1. The second kappa shape index (κ2) is 23.1. The number of ether oxygens (including phenoxy) is 1. The quantitative estimate of drug-likeness (QED) is 0.714.